The zero-order chi connectivity index (χ0) is 86.8. The van der Waals surface area contributed by atoms with Crippen LogP contribution in [0.4, 0.5) is 22.7 Å². The quantitative estimate of drug-likeness (QED) is 0.0124. The predicted molar refractivity (Wildman–Crippen MR) is 475 cm³/mol. The Morgan fingerprint density at radius 1 is 0.388 bits per heavy atom. The van der Waals surface area contributed by atoms with Crippen molar-refractivity contribution in [3.63, 3.8) is 0 Å². The summed E-state index contributed by atoms with van der Waals surface area (Å²) in [7, 11) is 0. The van der Waals surface area contributed by atoms with Gasteiger partial charge in [-0.3, -0.25) is 64.4 Å². The predicted octanol–water partition coefficient (Wildman–Crippen LogP) is 17.9. The second kappa shape index (κ2) is 48.7. The number of halogens is 1. The maximum Gasteiger partial charge on any atom is 0.269 e. The number of thiazole rings is 4. The highest BCUT2D eigenvalue weighted by Crippen LogP contribution is 2.31. The third-order valence-corrected chi connectivity index (χ3v) is 22.9. The van der Waals surface area contributed by atoms with Crippen molar-refractivity contribution in [1.29, 1.82) is 0 Å². The summed E-state index contributed by atoms with van der Waals surface area (Å²) in [5.41, 5.74) is 16.4. The number of hydrogen-bond acceptors (Lipinski definition) is 25. The van der Waals surface area contributed by atoms with Gasteiger partial charge in [-0.2, -0.15) is 4.98 Å². The van der Waals surface area contributed by atoms with Crippen molar-refractivity contribution in [3.05, 3.63) is 357 Å². The maximum absolute atomic E-state index is 13.6. The molecule has 28 nitrogen and oxygen atoms in total. The van der Waals surface area contributed by atoms with Gasteiger partial charge in [0.2, 0.25) is 23.6 Å². The number of carbonyl (C=O) groups is 5. The number of aromatic nitrogens is 6. The lowest BCUT2D eigenvalue weighted by Crippen LogP contribution is -2.38. The van der Waals surface area contributed by atoms with Crippen molar-refractivity contribution in [1.82, 2.24) is 46.0 Å². The number of Topliss-reactive ketones (excluding diaryl/α,β-unsaturated/α-hetero) is 2. The molecule has 0 aliphatic heterocycles. The van der Waals surface area contributed by atoms with E-state index in [2.05, 4.69) is 66.1 Å². The molecule has 7 atom stereocenters. The van der Waals surface area contributed by atoms with Gasteiger partial charge in [-0.05, 0) is 130 Å². The van der Waals surface area contributed by atoms with Crippen LogP contribution >= 0.6 is 62.3 Å². The summed E-state index contributed by atoms with van der Waals surface area (Å²) in [6.07, 6.45) is 6.18. The molecular weight excluding hydrogens is 1690 g/mol. The molecule has 0 aliphatic rings. The van der Waals surface area contributed by atoms with Crippen molar-refractivity contribution in [3.8, 4) is 0 Å². The largest absolute Gasteiger partial charge is 0.346 e. The fourth-order valence-electron chi connectivity index (χ4n) is 12.2. The number of nitro groups is 4. The van der Waals surface area contributed by atoms with Crippen molar-refractivity contribution < 1.29 is 48.2 Å². The van der Waals surface area contributed by atoms with Crippen LogP contribution in [-0.2, 0) is 94.6 Å². The molecule has 7 aromatic carbocycles. The first kappa shape index (κ1) is 95.9. The van der Waals surface area contributed by atoms with E-state index in [4.69, 9.17) is 10.3 Å². The van der Waals surface area contributed by atoms with Crippen LogP contribution in [0.15, 0.2) is 227 Å². The number of nitro benzene ring substituents is 4. The van der Waals surface area contributed by atoms with Gasteiger partial charge >= 0.3 is 0 Å². The Balaban J connectivity index is 0.000000224. The highest BCUT2D eigenvalue weighted by Gasteiger charge is 2.33. The van der Waals surface area contributed by atoms with Crippen LogP contribution in [0, 0.1) is 59.2 Å². The van der Waals surface area contributed by atoms with E-state index in [1.807, 2.05) is 133 Å². The van der Waals surface area contributed by atoms with Crippen LogP contribution in [0.25, 0.3) is 0 Å². The van der Waals surface area contributed by atoms with Crippen LogP contribution in [0.2, 0.25) is 0 Å². The molecule has 121 heavy (non-hydrogen) atoms. The number of rotatable bonds is 35. The summed E-state index contributed by atoms with van der Waals surface area (Å²) in [6, 6.07) is 52.4. The lowest BCUT2D eigenvalue weighted by Gasteiger charge is -2.21. The lowest BCUT2D eigenvalue weighted by atomic mass is 9.94. The minimum absolute atomic E-state index is 0. The van der Waals surface area contributed by atoms with Gasteiger partial charge in [0.25, 0.3) is 22.7 Å². The number of carbonyl (C=O) groups excluding carboxylic acids is 5. The number of hydrogen-bond donors (Lipinski definition) is 4. The summed E-state index contributed by atoms with van der Waals surface area (Å²) in [4.78, 5) is 129. The van der Waals surface area contributed by atoms with Gasteiger partial charge in [0, 0.05) is 70.1 Å². The van der Waals surface area contributed by atoms with Crippen LogP contribution in [-0.4, -0.2) is 79.1 Å². The Kier molecular flexibility index (Phi) is 38.6. The van der Waals surface area contributed by atoms with E-state index in [1.54, 1.807) is 66.8 Å². The molecular formula is C88H95BrN14O14S4. The average molecular weight is 1780 g/mol. The van der Waals surface area contributed by atoms with E-state index in [0.717, 1.165) is 107 Å². The summed E-state index contributed by atoms with van der Waals surface area (Å²) in [5, 5.41) is 67.6. The molecule has 0 spiro atoms. The van der Waals surface area contributed by atoms with Crippen LogP contribution < -0.4 is 21.7 Å². The van der Waals surface area contributed by atoms with E-state index in [0.29, 0.717) is 50.8 Å². The van der Waals surface area contributed by atoms with E-state index < -0.39 is 55.6 Å². The first-order valence-electron chi connectivity index (χ1n) is 38.6. The number of nitrogens with zero attached hydrogens (tertiary/aromatic N) is 10. The molecule has 0 radical (unpaired) electrons. The highest BCUT2D eigenvalue weighted by atomic mass is 79.9. The minimum atomic E-state index is -0.803. The van der Waals surface area contributed by atoms with Gasteiger partial charge in [0.05, 0.1) is 66.6 Å². The average Bonchev–Trinajstić information content (AvgIpc) is 1.76. The second-order valence-corrected chi connectivity index (χ2v) is 31.1. The number of non-ortho nitro benzene ring substituents is 4. The monoisotopic (exact) mass is 1780 g/mol. The van der Waals surface area contributed by atoms with Crippen LogP contribution in [0.5, 0.6) is 0 Å². The molecule has 12 rings (SSSR count). The van der Waals surface area contributed by atoms with Crippen molar-refractivity contribution in [2.45, 2.75) is 149 Å². The molecule has 0 saturated heterocycles. The molecule has 0 saturated carbocycles. The fraction of sp³-hybridized carbons (Fsp3) is 0.284. The number of ketones is 2. The molecule has 0 aliphatic carbocycles. The zero-order valence-electron chi connectivity index (χ0n) is 67.7. The Labute approximate surface area is 727 Å². The number of aryl methyl sites for hydroxylation is 5. The smallest absolute Gasteiger partial charge is 0.269 e. The summed E-state index contributed by atoms with van der Waals surface area (Å²) in [5.74, 6) is -2.91. The standard InChI is InChI=1S/C25H25N5O4S.2C24H25N3O4S.C13H15N3O2S.C2H4.BrH/c1-3-19-15-35-25(27-19)22(14-18-9-11-20(12-10-18)30(32)33)28-23(31)21(24-26-16(2)29-34-24)13-17-7-5-4-6-8-17;2*1-3-19-15-32-24(25-19)22(14-18-9-11-20(12-10-18)27(30)31)26-23(29)21(16(2)28)13-17-7-5-4-6-8-17;1-2-10-8-19-13(15-10)12(14)7-9-3-5-11(6-4-9)16(17)18;1-2;/h4-12,15,21-22H,3,13-14H2,1-2H3,(H,28,31);2*4-12,15,21-22H,3,13-14H2,1-2H3,(H,26,29);3-6,8,12H,2,7,14H2,1H3;1-2H2;1H/t3*21?,22-;12-;;/m0000../s1. The Bertz CT molecular complexity index is 5150. The normalized spacial score (nSPS) is 12.4. The molecule has 0 fully saturated rings. The molecule has 5 N–H and O–H groups in total. The summed E-state index contributed by atoms with van der Waals surface area (Å²) < 4.78 is 5.38. The Morgan fingerprint density at radius 2 is 0.653 bits per heavy atom. The Hall–Kier alpha value is -12.3. The van der Waals surface area contributed by atoms with E-state index >= 15 is 0 Å². The number of nitrogens with one attached hydrogen (secondary N) is 3. The third-order valence-electron chi connectivity index (χ3n) is 18.9. The topological polar surface area (TPSA) is 410 Å². The van der Waals surface area contributed by atoms with Gasteiger partial charge in [-0.15, -0.1) is 75.5 Å². The zero-order valence-corrected chi connectivity index (χ0v) is 72.7. The van der Waals surface area contributed by atoms with Crippen LogP contribution in [0.1, 0.15) is 165 Å². The Morgan fingerprint density at radius 3 is 0.917 bits per heavy atom. The molecule has 12 aromatic rings. The highest BCUT2D eigenvalue weighted by molar-refractivity contribution is 8.93. The van der Waals surface area contributed by atoms with Crippen molar-refractivity contribution in [2.75, 3.05) is 0 Å². The van der Waals surface area contributed by atoms with E-state index in [9.17, 15) is 64.4 Å². The van der Waals surface area contributed by atoms with Gasteiger partial charge < -0.3 is 26.2 Å². The van der Waals surface area contributed by atoms with Gasteiger partial charge in [-0.25, -0.2) is 19.9 Å². The first-order valence-corrected chi connectivity index (χ1v) is 42.1. The first-order chi connectivity index (χ1) is 57.8. The number of nitrogens with two attached hydrogens (primary N) is 1. The molecule has 3 amide bonds. The van der Waals surface area contributed by atoms with Crippen molar-refractivity contribution >= 4 is 114 Å². The van der Waals surface area contributed by atoms with Crippen molar-refractivity contribution in [2.24, 2.45) is 17.6 Å². The summed E-state index contributed by atoms with van der Waals surface area (Å²) >= 11 is 5.96. The maximum atomic E-state index is 13.6. The number of amides is 3. The van der Waals surface area contributed by atoms with Gasteiger partial charge in [0.1, 0.15) is 49.4 Å². The van der Waals surface area contributed by atoms with Gasteiger partial charge in [-0.1, -0.05) is 172 Å². The molecule has 5 heterocycles. The third kappa shape index (κ3) is 29.9. The SMILES string of the molecule is Br.C=C.CCc1csc([C@@H](N)Cc2ccc([N+](=O)[O-])cc2)n1.CCc1csc([C@H](Cc2ccc([N+](=O)[O-])cc2)NC(=O)C(Cc2ccccc2)C(C)=O)n1.CCc1csc([C@H](Cc2ccc([N+](=O)[O-])cc2)NC(=O)C(Cc2ccccc2)C(C)=O)n1.CCc1csc([C@H](Cc2ccc([N+](=O)[O-])cc2)NC(=O)C(Cc2ccccc2)c2nc(C)no2)n1. The van der Waals surface area contributed by atoms with E-state index in [-0.39, 0.29) is 81.0 Å². The second-order valence-electron chi connectivity index (χ2n) is 27.6. The van der Waals surface area contributed by atoms with Crippen LogP contribution in [0.3, 0.4) is 0 Å². The summed E-state index contributed by atoms with van der Waals surface area (Å²) in [6.45, 7) is 18.7. The van der Waals surface area contributed by atoms with Gasteiger partial charge in [0.15, 0.2) is 5.82 Å². The molecule has 3 unspecified atom stereocenters. The number of benzene rings is 7. The molecule has 33 heteroatoms. The van der Waals surface area contributed by atoms with E-state index in [1.165, 1.54) is 96.4 Å². The molecule has 632 valence electrons. The minimum Gasteiger partial charge on any atom is -0.346 e. The molecule has 0 bridgehead atoms. The fourth-order valence-corrected chi connectivity index (χ4v) is 16.0. The molecule has 5 aromatic heterocycles. The lowest BCUT2D eigenvalue weighted by molar-refractivity contribution is -0.385.